The molecule has 0 saturated heterocycles. The number of aryl methyl sites for hydroxylation is 2. The predicted octanol–water partition coefficient (Wildman–Crippen LogP) is 4.96. The molecule has 1 N–H and O–H groups in total. The fraction of sp³-hybridized carbons (Fsp3) is 0.304. The van der Waals surface area contributed by atoms with Gasteiger partial charge in [0.2, 0.25) is 6.17 Å². The number of rotatable bonds is 5. The molecule has 2 aromatic carbocycles. The molecule has 0 spiro atoms. The summed E-state index contributed by atoms with van der Waals surface area (Å²) in [5, 5.41) is 18.1. The van der Waals surface area contributed by atoms with Gasteiger partial charge in [0.1, 0.15) is 5.01 Å². The number of aliphatic imine (C=N–C) groups is 1. The second-order valence-electron chi connectivity index (χ2n) is 7.30. The Morgan fingerprint density at radius 3 is 2.61 bits per heavy atom. The van der Waals surface area contributed by atoms with Gasteiger partial charge in [-0.2, -0.15) is 15.4 Å². The SMILES string of the molecule is CCS/C(C)=N/N1C(=NCc2ccccc2)Nc2sc(C)n[n+]2C1c1ccc(C)cc1. The monoisotopic (exact) mass is 451 g/mol. The Morgan fingerprint density at radius 2 is 1.90 bits per heavy atom. The van der Waals surface area contributed by atoms with E-state index >= 15 is 0 Å². The molecule has 1 unspecified atom stereocenters. The van der Waals surface area contributed by atoms with E-state index < -0.39 is 0 Å². The van der Waals surface area contributed by atoms with Crippen LogP contribution in [0.5, 0.6) is 0 Å². The van der Waals surface area contributed by atoms with Crippen LogP contribution < -0.4 is 10.00 Å². The van der Waals surface area contributed by atoms with Gasteiger partial charge in [-0.15, -0.1) is 11.8 Å². The summed E-state index contributed by atoms with van der Waals surface area (Å²) < 4.78 is 2.01. The lowest BCUT2D eigenvalue weighted by Crippen LogP contribution is -2.59. The maximum absolute atomic E-state index is 4.97. The number of hydrogen-bond acceptors (Lipinski definition) is 5. The number of anilines is 1. The molecule has 0 bridgehead atoms. The molecule has 3 aromatic rings. The third-order valence-electron chi connectivity index (χ3n) is 4.83. The van der Waals surface area contributed by atoms with Gasteiger partial charge in [-0.05, 0) is 43.4 Å². The van der Waals surface area contributed by atoms with Crippen LogP contribution in [0.2, 0.25) is 0 Å². The standard InChI is InChI=1S/C23H26N6S2/c1-5-30-17(3)26-28-21(20-13-11-16(2)12-14-20)29-23(31-18(4)27-29)25-22(28)24-15-19-9-7-6-8-10-19/h6-14,21H,5,15H2,1-4H3/p+1/b24-22?,26-17+. The highest BCUT2D eigenvalue weighted by Gasteiger charge is 2.41. The van der Waals surface area contributed by atoms with Crippen LogP contribution in [0.25, 0.3) is 0 Å². The molecule has 6 nitrogen and oxygen atoms in total. The largest absolute Gasteiger partial charge is 0.366 e. The molecular formula is C23H27N6S2+. The van der Waals surface area contributed by atoms with E-state index in [2.05, 4.69) is 55.6 Å². The van der Waals surface area contributed by atoms with Crippen molar-refractivity contribution in [2.75, 3.05) is 11.1 Å². The van der Waals surface area contributed by atoms with Crippen molar-refractivity contribution >= 4 is 39.2 Å². The van der Waals surface area contributed by atoms with E-state index in [1.165, 1.54) is 5.56 Å². The summed E-state index contributed by atoms with van der Waals surface area (Å²) in [7, 11) is 0. The molecule has 1 aromatic heterocycles. The zero-order valence-electron chi connectivity index (χ0n) is 18.2. The summed E-state index contributed by atoms with van der Waals surface area (Å²) >= 11 is 3.35. The Balaban J connectivity index is 1.81. The molecule has 8 heteroatoms. The average molecular weight is 452 g/mol. The molecule has 0 amide bonds. The van der Waals surface area contributed by atoms with Gasteiger partial charge in [-0.3, -0.25) is 0 Å². The highest BCUT2D eigenvalue weighted by atomic mass is 32.2. The Morgan fingerprint density at radius 1 is 1.16 bits per heavy atom. The van der Waals surface area contributed by atoms with Gasteiger partial charge in [0.25, 0.3) is 0 Å². The van der Waals surface area contributed by atoms with Crippen molar-refractivity contribution in [1.82, 2.24) is 10.1 Å². The van der Waals surface area contributed by atoms with E-state index in [9.17, 15) is 0 Å². The van der Waals surface area contributed by atoms with Gasteiger partial charge in [0.15, 0.2) is 0 Å². The summed E-state index contributed by atoms with van der Waals surface area (Å²) in [6, 6.07) is 18.8. The van der Waals surface area contributed by atoms with Crippen LogP contribution in [0.1, 0.15) is 41.7 Å². The van der Waals surface area contributed by atoms with Crippen LogP contribution in [-0.4, -0.2) is 26.9 Å². The number of nitrogens with zero attached hydrogens (tertiary/aromatic N) is 5. The van der Waals surface area contributed by atoms with E-state index in [1.807, 2.05) is 41.7 Å². The first-order chi connectivity index (χ1) is 15.0. The summed E-state index contributed by atoms with van der Waals surface area (Å²) in [6.45, 7) is 8.88. The van der Waals surface area contributed by atoms with E-state index in [1.54, 1.807) is 23.1 Å². The number of nitrogens with one attached hydrogen (secondary N) is 1. The smallest absolute Gasteiger partial charge is 0.225 e. The number of thioether (sulfide) groups is 1. The fourth-order valence-corrected chi connectivity index (χ4v) is 4.75. The minimum absolute atomic E-state index is 0.205. The number of aromatic nitrogens is 2. The maximum Gasteiger partial charge on any atom is 0.366 e. The number of guanidine groups is 1. The van der Waals surface area contributed by atoms with E-state index in [4.69, 9.17) is 15.2 Å². The molecular weight excluding hydrogens is 424 g/mol. The molecule has 0 aliphatic carbocycles. The second kappa shape index (κ2) is 9.62. The predicted molar refractivity (Wildman–Crippen MR) is 131 cm³/mol. The Bertz CT molecular complexity index is 1090. The molecule has 1 atom stereocenters. The molecule has 0 saturated carbocycles. The van der Waals surface area contributed by atoms with E-state index in [0.29, 0.717) is 6.54 Å². The minimum Gasteiger partial charge on any atom is -0.225 e. The van der Waals surface area contributed by atoms with Crippen molar-refractivity contribution in [3.63, 3.8) is 0 Å². The van der Waals surface area contributed by atoms with Crippen molar-refractivity contribution in [3.05, 3.63) is 76.3 Å². The Labute approximate surface area is 191 Å². The van der Waals surface area contributed by atoms with Gasteiger partial charge in [-0.1, -0.05) is 76.9 Å². The highest BCUT2D eigenvalue weighted by Crippen LogP contribution is 2.29. The molecule has 0 fully saturated rings. The first-order valence-electron chi connectivity index (χ1n) is 10.3. The van der Waals surface area contributed by atoms with Crippen LogP contribution in [0, 0.1) is 13.8 Å². The molecule has 1 aliphatic rings. The van der Waals surface area contributed by atoms with Gasteiger partial charge >= 0.3 is 11.1 Å². The lowest BCUT2D eigenvalue weighted by molar-refractivity contribution is -0.769. The Hall–Kier alpha value is -2.71. The van der Waals surface area contributed by atoms with E-state index in [-0.39, 0.29) is 6.17 Å². The zero-order chi connectivity index (χ0) is 21.8. The second-order valence-corrected chi connectivity index (χ2v) is 9.94. The summed E-state index contributed by atoms with van der Waals surface area (Å²) in [5.41, 5.74) is 3.50. The first-order valence-corrected chi connectivity index (χ1v) is 12.1. The van der Waals surface area contributed by atoms with Gasteiger partial charge < -0.3 is 0 Å². The summed E-state index contributed by atoms with van der Waals surface area (Å²) in [5.74, 6) is 1.70. The van der Waals surface area contributed by atoms with Crippen molar-refractivity contribution < 1.29 is 4.68 Å². The molecule has 160 valence electrons. The lowest BCUT2D eigenvalue weighted by atomic mass is 10.1. The molecule has 4 rings (SSSR count). The van der Waals surface area contributed by atoms with Crippen molar-refractivity contribution in [1.29, 1.82) is 0 Å². The summed E-state index contributed by atoms with van der Waals surface area (Å²) in [4.78, 5) is 4.93. The summed E-state index contributed by atoms with van der Waals surface area (Å²) in [6.07, 6.45) is -0.205. The highest BCUT2D eigenvalue weighted by molar-refractivity contribution is 8.13. The third-order valence-corrected chi connectivity index (χ3v) is 6.48. The number of fused-ring (bicyclic) bond motifs is 1. The van der Waals surface area contributed by atoms with Gasteiger partial charge in [0.05, 0.1) is 11.6 Å². The number of hydrogen-bond donors (Lipinski definition) is 1. The van der Waals surface area contributed by atoms with Crippen LogP contribution >= 0.6 is 23.1 Å². The molecule has 2 heterocycles. The molecule has 31 heavy (non-hydrogen) atoms. The van der Waals surface area contributed by atoms with Gasteiger partial charge in [0, 0.05) is 5.56 Å². The number of benzene rings is 2. The lowest BCUT2D eigenvalue weighted by Gasteiger charge is -2.29. The molecule has 0 radical (unpaired) electrons. The first kappa shape index (κ1) is 21.5. The third kappa shape index (κ3) is 4.97. The van der Waals surface area contributed by atoms with Crippen LogP contribution in [0.15, 0.2) is 64.7 Å². The van der Waals surface area contributed by atoms with Crippen LogP contribution in [0.4, 0.5) is 5.13 Å². The van der Waals surface area contributed by atoms with Crippen molar-refractivity contribution in [2.45, 2.75) is 40.4 Å². The quantitative estimate of drug-likeness (QED) is 0.338. The Kier molecular flexibility index (Phi) is 6.67. The van der Waals surface area contributed by atoms with Crippen molar-refractivity contribution in [3.8, 4) is 0 Å². The number of hydrazone groups is 1. The fourth-order valence-electron chi connectivity index (χ4n) is 3.40. The topological polar surface area (TPSA) is 56.8 Å². The van der Waals surface area contributed by atoms with Crippen LogP contribution in [-0.2, 0) is 6.54 Å². The molecule has 1 aliphatic heterocycles. The maximum atomic E-state index is 4.97. The average Bonchev–Trinajstić information content (AvgIpc) is 3.13. The normalized spacial score (nSPS) is 17.5. The van der Waals surface area contributed by atoms with E-state index in [0.717, 1.165) is 38.0 Å². The zero-order valence-corrected chi connectivity index (χ0v) is 19.9. The van der Waals surface area contributed by atoms with Crippen LogP contribution in [0.3, 0.4) is 0 Å². The van der Waals surface area contributed by atoms with Crippen molar-refractivity contribution in [2.24, 2.45) is 10.1 Å². The van der Waals surface area contributed by atoms with Gasteiger partial charge in [-0.25, -0.2) is 4.99 Å². The minimum atomic E-state index is -0.205.